The Labute approximate surface area is 159 Å². The lowest BCUT2D eigenvalue weighted by Gasteiger charge is -2.37. The molecule has 1 aliphatic rings. The first-order valence-electron chi connectivity index (χ1n) is 8.71. The summed E-state index contributed by atoms with van der Waals surface area (Å²) in [6.07, 6.45) is 0.896. The number of hydrogen-bond acceptors (Lipinski definition) is 4. The monoisotopic (exact) mass is 379 g/mol. The second-order valence-corrected chi connectivity index (χ2v) is 6.85. The minimum absolute atomic E-state index is 0.274. The van der Waals surface area contributed by atoms with Crippen molar-refractivity contribution < 1.29 is 13.9 Å². The van der Waals surface area contributed by atoms with Crippen LogP contribution in [0.2, 0.25) is 0 Å². The van der Waals surface area contributed by atoms with Crippen LogP contribution in [-0.4, -0.2) is 54.7 Å². The number of carbonyl (C=O) groups excluding carboxylic acids is 1. The second-order valence-electron chi connectivity index (χ2n) is 6.47. The van der Waals surface area contributed by atoms with Gasteiger partial charge in [-0.05, 0) is 70.8 Å². The zero-order chi connectivity index (χ0) is 19.3. The molecule has 0 aliphatic carbocycles. The van der Waals surface area contributed by atoms with Gasteiger partial charge in [0.2, 0.25) is 0 Å². The summed E-state index contributed by atoms with van der Waals surface area (Å²) in [6.45, 7) is 5.50. The first-order valence-corrected chi connectivity index (χ1v) is 9.12. The number of allylic oxidation sites excluding steroid dienone is 1. The molecular weight excluding hydrogens is 353 g/mol. The lowest BCUT2D eigenvalue weighted by atomic mass is 9.95. The Morgan fingerprint density at radius 2 is 2.15 bits per heavy atom. The summed E-state index contributed by atoms with van der Waals surface area (Å²) in [4.78, 5) is 16.6. The standard InChI is InChI=1S/C19H26FN3O2S/c1-5-25-18(24)16-13(2)23(11-7-10-22(3)4)19(26)21-17(16)14-8-6-9-15(20)12-14/h6,8-9,12,17H,5,7,10-11H2,1-4H3,(H,21,26)/t17-/m1/s1. The molecular formula is C19H26FN3O2S. The van der Waals surface area contributed by atoms with Gasteiger partial charge in [0.15, 0.2) is 5.11 Å². The number of nitrogens with one attached hydrogen (secondary N) is 1. The second kappa shape index (κ2) is 9.09. The van der Waals surface area contributed by atoms with Gasteiger partial charge in [-0.2, -0.15) is 0 Å². The first-order chi connectivity index (χ1) is 12.3. The van der Waals surface area contributed by atoms with Crippen LogP contribution in [0.5, 0.6) is 0 Å². The van der Waals surface area contributed by atoms with E-state index in [1.165, 1.54) is 12.1 Å². The molecule has 1 atom stereocenters. The maximum atomic E-state index is 13.7. The number of hydrogen-bond donors (Lipinski definition) is 1. The quantitative estimate of drug-likeness (QED) is 0.581. The maximum absolute atomic E-state index is 13.7. The van der Waals surface area contributed by atoms with Gasteiger partial charge in [-0.25, -0.2) is 9.18 Å². The molecule has 0 saturated carbocycles. The lowest BCUT2D eigenvalue weighted by molar-refractivity contribution is -0.139. The van der Waals surface area contributed by atoms with Crippen molar-refractivity contribution in [3.63, 3.8) is 0 Å². The Hall–Kier alpha value is -1.99. The molecule has 142 valence electrons. The van der Waals surface area contributed by atoms with Crippen molar-refractivity contribution in [2.24, 2.45) is 0 Å². The van der Waals surface area contributed by atoms with Crippen LogP contribution in [0.1, 0.15) is 31.9 Å². The van der Waals surface area contributed by atoms with Crippen LogP contribution >= 0.6 is 12.2 Å². The fourth-order valence-electron chi connectivity index (χ4n) is 3.01. The van der Waals surface area contributed by atoms with Crippen LogP contribution in [0.4, 0.5) is 4.39 Å². The van der Waals surface area contributed by atoms with E-state index in [0.29, 0.717) is 22.8 Å². The molecule has 0 unspecified atom stereocenters. The smallest absolute Gasteiger partial charge is 0.338 e. The molecule has 1 heterocycles. The number of benzene rings is 1. The molecule has 1 aromatic rings. The molecule has 2 rings (SSSR count). The van der Waals surface area contributed by atoms with Crippen LogP contribution in [0.25, 0.3) is 0 Å². The largest absolute Gasteiger partial charge is 0.463 e. The Balaban J connectivity index is 2.38. The van der Waals surface area contributed by atoms with Crippen molar-refractivity contribution >= 4 is 23.3 Å². The molecule has 1 aromatic carbocycles. The van der Waals surface area contributed by atoms with Gasteiger partial charge in [0.1, 0.15) is 5.82 Å². The Morgan fingerprint density at radius 3 is 2.77 bits per heavy atom. The van der Waals surface area contributed by atoms with Crippen molar-refractivity contribution in [3.05, 3.63) is 46.9 Å². The highest BCUT2D eigenvalue weighted by atomic mass is 32.1. The summed E-state index contributed by atoms with van der Waals surface area (Å²) in [6, 6.07) is 5.66. The number of ether oxygens (including phenoxy) is 1. The van der Waals surface area contributed by atoms with Crippen LogP contribution < -0.4 is 5.32 Å². The van der Waals surface area contributed by atoms with Crippen molar-refractivity contribution in [2.45, 2.75) is 26.3 Å². The summed E-state index contributed by atoms with van der Waals surface area (Å²) in [7, 11) is 4.03. The van der Waals surface area contributed by atoms with Crippen molar-refractivity contribution in [1.82, 2.24) is 15.1 Å². The van der Waals surface area contributed by atoms with Crippen LogP contribution in [-0.2, 0) is 9.53 Å². The van der Waals surface area contributed by atoms with Crippen LogP contribution in [0, 0.1) is 5.82 Å². The van der Waals surface area contributed by atoms with E-state index in [1.807, 2.05) is 25.9 Å². The fourth-order valence-corrected chi connectivity index (χ4v) is 3.35. The molecule has 0 spiro atoms. The molecule has 5 nitrogen and oxygen atoms in total. The van der Waals surface area contributed by atoms with Crippen LogP contribution in [0.15, 0.2) is 35.5 Å². The number of carbonyl (C=O) groups is 1. The minimum atomic E-state index is -0.526. The Morgan fingerprint density at radius 1 is 1.42 bits per heavy atom. The third-order valence-electron chi connectivity index (χ3n) is 4.26. The van der Waals surface area contributed by atoms with Crippen molar-refractivity contribution in [2.75, 3.05) is 33.8 Å². The predicted octanol–water partition coefficient (Wildman–Crippen LogP) is 2.85. The maximum Gasteiger partial charge on any atom is 0.338 e. The van der Waals surface area contributed by atoms with E-state index < -0.39 is 12.0 Å². The molecule has 0 radical (unpaired) electrons. The first kappa shape index (κ1) is 20.3. The highest BCUT2D eigenvalue weighted by Gasteiger charge is 2.34. The molecule has 1 aliphatic heterocycles. The average Bonchev–Trinajstić information content (AvgIpc) is 2.57. The fraction of sp³-hybridized carbons (Fsp3) is 0.474. The highest BCUT2D eigenvalue weighted by Crippen LogP contribution is 2.31. The zero-order valence-corrected chi connectivity index (χ0v) is 16.5. The molecule has 0 aromatic heterocycles. The SMILES string of the molecule is CCOC(=O)C1=C(C)N(CCCN(C)C)C(=S)N[C@@H]1c1cccc(F)c1. The molecule has 0 bridgehead atoms. The van der Waals surface area contributed by atoms with E-state index >= 15 is 0 Å². The summed E-state index contributed by atoms with van der Waals surface area (Å²) in [5.41, 5.74) is 1.86. The van der Waals surface area contributed by atoms with Gasteiger partial charge in [-0.1, -0.05) is 12.1 Å². The normalized spacial score (nSPS) is 17.5. The molecule has 0 amide bonds. The number of thiocarbonyl (C=S) groups is 1. The third kappa shape index (κ3) is 4.80. The van der Waals surface area contributed by atoms with Gasteiger partial charge in [0.05, 0.1) is 18.2 Å². The Bertz CT molecular complexity index is 706. The number of nitrogens with zero attached hydrogens (tertiary/aromatic N) is 2. The minimum Gasteiger partial charge on any atom is -0.463 e. The topological polar surface area (TPSA) is 44.8 Å². The highest BCUT2D eigenvalue weighted by molar-refractivity contribution is 7.80. The lowest BCUT2D eigenvalue weighted by Crippen LogP contribution is -2.48. The van der Waals surface area contributed by atoms with E-state index in [2.05, 4.69) is 10.2 Å². The van der Waals surface area contributed by atoms with E-state index in [1.54, 1.807) is 19.1 Å². The van der Waals surface area contributed by atoms with Gasteiger partial charge in [-0.3, -0.25) is 0 Å². The van der Waals surface area contributed by atoms with Gasteiger partial charge < -0.3 is 19.9 Å². The Kier molecular flexibility index (Phi) is 7.11. The molecule has 26 heavy (non-hydrogen) atoms. The number of esters is 1. The van der Waals surface area contributed by atoms with Gasteiger partial charge >= 0.3 is 5.97 Å². The molecule has 0 fully saturated rings. The van der Waals surface area contributed by atoms with E-state index in [4.69, 9.17) is 17.0 Å². The average molecular weight is 380 g/mol. The molecule has 1 N–H and O–H groups in total. The van der Waals surface area contributed by atoms with Gasteiger partial charge in [0.25, 0.3) is 0 Å². The summed E-state index contributed by atoms with van der Waals surface area (Å²) >= 11 is 5.52. The van der Waals surface area contributed by atoms with E-state index in [-0.39, 0.29) is 12.4 Å². The molecule has 0 saturated heterocycles. The van der Waals surface area contributed by atoms with Gasteiger partial charge in [-0.15, -0.1) is 0 Å². The summed E-state index contributed by atoms with van der Waals surface area (Å²) in [5.74, 6) is -0.767. The zero-order valence-electron chi connectivity index (χ0n) is 15.7. The van der Waals surface area contributed by atoms with E-state index in [9.17, 15) is 9.18 Å². The molecule has 7 heteroatoms. The van der Waals surface area contributed by atoms with Gasteiger partial charge in [0, 0.05) is 12.2 Å². The number of rotatable bonds is 7. The van der Waals surface area contributed by atoms with E-state index in [0.717, 1.165) is 18.7 Å². The number of halogens is 1. The van der Waals surface area contributed by atoms with Crippen LogP contribution in [0.3, 0.4) is 0 Å². The van der Waals surface area contributed by atoms with Crippen molar-refractivity contribution in [1.29, 1.82) is 0 Å². The predicted molar refractivity (Wildman–Crippen MR) is 104 cm³/mol. The van der Waals surface area contributed by atoms with Crippen molar-refractivity contribution in [3.8, 4) is 0 Å². The summed E-state index contributed by atoms with van der Waals surface area (Å²) < 4.78 is 19.0. The summed E-state index contributed by atoms with van der Waals surface area (Å²) in [5, 5.41) is 3.72. The third-order valence-corrected chi connectivity index (χ3v) is 4.60.